The Morgan fingerprint density at radius 2 is 1.91 bits per heavy atom. The number of amides is 1. The third-order valence-electron chi connectivity index (χ3n) is 3.42. The van der Waals surface area contributed by atoms with Crippen LogP contribution in [0.25, 0.3) is 0 Å². The van der Waals surface area contributed by atoms with Crippen molar-refractivity contribution in [1.29, 1.82) is 0 Å². The summed E-state index contributed by atoms with van der Waals surface area (Å²) in [6.45, 7) is 8.30. The number of carbonyl (C=O) groups is 2. The standard InChI is InChI=1S/C15H22N4O4/c1-15(2,3)23-14(22)19-6-4-18(5-7-19)9-12-11(13(20)21)8-16-10-17-12/h8,10H,4-7,9H2,1-3H3,(H,20,21). The van der Waals surface area contributed by atoms with E-state index in [1.165, 1.54) is 12.5 Å². The second-order valence-electron chi connectivity index (χ2n) is 6.43. The number of carboxylic acid groups (broad SMARTS) is 1. The second kappa shape index (κ2) is 6.91. The number of ether oxygens (including phenoxy) is 1. The molecule has 0 radical (unpaired) electrons. The van der Waals surface area contributed by atoms with Crippen molar-refractivity contribution in [3.8, 4) is 0 Å². The van der Waals surface area contributed by atoms with Gasteiger partial charge in [-0.15, -0.1) is 0 Å². The summed E-state index contributed by atoms with van der Waals surface area (Å²) in [4.78, 5) is 34.7. The topological polar surface area (TPSA) is 95.9 Å². The second-order valence-corrected chi connectivity index (χ2v) is 6.43. The molecule has 0 unspecified atom stereocenters. The minimum atomic E-state index is -1.03. The Morgan fingerprint density at radius 3 is 2.48 bits per heavy atom. The molecule has 1 saturated heterocycles. The van der Waals surface area contributed by atoms with Crippen LogP contribution in [-0.4, -0.2) is 68.7 Å². The minimum absolute atomic E-state index is 0.113. The SMILES string of the molecule is CC(C)(C)OC(=O)N1CCN(Cc2ncncc2C(=O)O)CC1. The van der Waals surface area contributed by atoms with Gasteiger partial charge in [-0.1, -0.05) is 0 Å². The lowest BCUT2D eigenvalue weighted by molar-refractivity contribution is 0.0138. The summed E-state index contributed by atoms with van der Waals surface area (Å²) in [6, 6.07) is 0. The van der Waals surface area contributed by atoms with Gasteiger partial charge in [-0.3, -0.25) is 4.90 Å². The van der Waals surface area contributed by atoms with Crippen LogP contribution in [-0.2, 0) is 11.3 Å². The lowest BCUT2D eigenvalue weighted by Gasteiger charge is -2.35. The van der Waals surface area contributed by atoms with Crippen molar-refractivity contribution in [2.45, 2.75) is 32.9 Å². The highest BCUT2D eigenvalue weighted by atomic mass is 16.6. The van der Waals surface area contributed by atoms with Gasteiger partial charge < -0.3 is 14.7 Å². The molecule has 1 fully saturated rings. The first-order valence-corrected chi connectivity index (χ1v) is 7.49. The van der Waals surface area contributed by atoms with Crippen molar-refractivity contribution in [3.63, 3.8) is 0 Å². The Bertz CT molecular complexity index is 577. The summed E-state index contributed by atoms with van der Waals surface area (Å²) in [5.74, 6) is -1.03. The molecule has 2 rings (SSSR count). The molecule has 0 atom stereocenters. The van der Waals surface area contributed by atoms with Gasteiger partial charge in [0.15, 0.2) is 0 Å². The molecule has 126 valence electrons. The summed E-state index contributed by atoms with van der Waals surface area (Å²) in [6.07, 6.45) is 2.34. The number of piperazine rings is 1. The van der Waals surface area contributed by atoms with E-state index < -0.39 is 11.6 Å². The zero-order valence-electron chi connectivity index (χ0n) is 13.7. The largest absolute Gasteiger partial charge is 0.478 e. The zero-order chi connectivity index (χ0) is 17.0. The molecule has 1 aromatic rings. The Labute approximate surface area is 135 Å². The Balaban J connectivity index is 1.91. The third kappa shape index (κ3) is 4.88. The Hall–Kier alpha value is -2.22. The predicted octanol–water partition coefficient (Wildman–Crippen LogP) is 1.23. The summed E-state index contributed by atoms with van der Waals surface area (Å²) in [5.41, 5.74) is 0.0891. The smallest absolute Gasteiger partial charge is 0.410 e. The van der Waals surface area contributed by atoms with E-state index in [4.69, 9.17) is 9.84 Å². The number of rotatable bonds is 3. The summed E-state index contributed by atoms with van der Waals surface area (Å²) in [5, 5.41) is 9.15. The quantitative estimate of drug-likeness (QED) is 0.894. The number of carbonyl (C=O) groups excluding carboxylic acids is 1. The van der Waals surface area contributed by atoms with Gasteiger partial charge in [0.25, 0.3) is 0 Å². The molecular weight excluding hydrogens is 300 g/mol. The number of aromatic carboxylic acids is 1. The van der Waals surface area contributed by atoms with E-state index in [9.17, 15) is 9.59 Å². The monoisotopic (exact) mass is 322 g/mol. The Morgan fingerprint density at radius 1 is 1.26 bits per heavy atom. The number of nitrogens with zero attached hydrogens (tertiary/aromatic N) is 4. The van der Waals surface area contributed by atoms with Crippen LogP contribution in [0, 0.1) is 0 Å². The Kier molecular flexibility index (Phi) is 5.15. The van der Waals surface area contributed by atoms with E-state index >= 15 is 0 Å². The predicted molar refractivity (Wildman–Crippen MR) is 82.1 cm³/mol. The van der Waals surface area contributed by atoms with E-state index in [0.717, 1.165) is 0 Å². The maximum Gasteiger partial charge on any atom is 0.410 e. The van der Waals surface area contributed by atoms with Crippen molar-refractivity contribution in [2.75, 3.05) is 26.2 Å². The molecule has 0 bridgehead atoms. The van der Waals surface area contributed by atoms with E-state index in [1.54, 1.807) is 4.90 Å². The summed E-state index contributed by atoms with van der Waals surface area (Å²) >= 11 is 0. The highest BCUT2D eigenvalue weighted by molar-refractivity contribution is 5.88. The van der Waals surface area contributed by atoms with Crippen LogP contribution in [0.2, 0.25) is 0 Å². The molecule has 0 saturated carbocycles. The van der Waals surface area contributed by atoms with E-state index in [1.807, 2.05) is 20.8 Å². The first-order chi connectivity index (χ1) is 10.8. The highest BCUT2D eigenvalue weighted by Crippen LogP contribution is 2.14. The van der Waals surface area contributed by atoms with Gasteiger partial charge in [-0.05, 0) is 20.8 Å². The van der Waals surface area contributed by atoms with E-state index in [0.29, 0.717) is 38.4 Å². The molecule has 0 aliphatic carbocycles. The maximum atomic E-state index is 12.0. The molecule has 0 aromatic carbocycles. The molecule has 1 aliphatic rings. The minimum Gasteiger partial charge on any atom is -0.478 e. The van der Waals surface area contributed by atoms with E-state index in [-0.39, 0.29) is 11.7 Å². The summed E-state index contributed by atoms with van der Waals surface area (Å²) < 4.78 is 5.35. The average molecular weight is 322 g/mol. The molecule has 1 aromatic heterocycles. The van der Waals surface area contributed by atoms with Gasteiger partial charge in [0, 0.05) is 38.9 Å². The van der Waals surface area contributed by atoms with Crippen LogP contribution in [0.4, 0.5) is 4.79 Å². The van der Waals surface area contributed by atoms with Crippen LogP contribution >= 0.6 is 0 Å². The van der Waals surface area contributed by atoms with E-state index in [2.05, 4.69) is 14.9 Å². The van der Waals surface area contributed by atoms with Crippen molar-refractivity contribution < 1.29 is 19.4 Å². The molecule has 8 nitrogen and oxygen atoms in total. The van der Waals surface area contributed by atoms with Crippen LogP contribution in [0.15, 0.2) is 12.5 Å². The van der Waals surface area contributed by atoms with Gasteiger partial charge in [0.1, 0.15) is 17.5 Å². The van der Waals surface area contributed by atoms with Gasteiger partial charge in [-0.2, -0.15) is 0 Å². The highest BCUT2D eigenvalue weighted by Gasteiger charge is 2.26. The molecular formula is C15H22N4O4. The lowest BCUT2D eigenvalue weighted by atomic mass is 10.2. The molecule has 0 spiro atoms. The van der Waals surface area contributed by atoms with Crippen molar-refractivity contribution >= 4 is 12.1 Å². The van der Waals surface area contributed by atoms with Crippen molar-refractivity contribution in [1.82, 2.24) is 19.8 Å². The number of aromatic nitrogens is 2. The average Bonchev–Trinajstić information content (AvgIpc) is 2.46. The lowest BCUT2D eigenvalue weighted by Crippen LogP contribution is -2.49. The van der Waals surface area contributed by atoms with Gasteiger partial charge in [0.2, 0.25) is 0 Å². The molecule has 8 heteroatoms. The number of hydrogen-bond donors (Lipinski definition) is 1. The number of hydrogen-bond acceptors (Lipinski definition) is 6. The third-order valence-corrected chi connectivity index (χ3v) is 3.42. The zero-order valence-corrected chi connectivity index (χ0v) is 13.7. The molecule has 2 heterocycles. The summed E-state index contributed by atoms with van der Waals surface area (Å²) in [7, 11) is 0. The first-order valence-electron chi connectivity index (χ1n) is 7.49. The fourth-order valence-corrected chi connectivity index (χ4v) is 2.29. The molecule has 23 heavy (non-hydrogen) atoms. The van der Waals surface area contributed by atoms with Gasteiger partial charge >= 0.3 is 12.1 Å². The van der Waals surface area contributed by atoms with Crippen molar-refractivity contribution in [3.05, 3.63) is 23.8 Å². The number of carboxylic acids is 1. The fourth-order valence-electron chi connectivity index (χ4n) is 2.29. The van der Waals surface area contributed by atoms with Gasteiger partial charge in [-0.25, -0.2) is 19.6 Å². The van der Waals surface area contributed by atoms with Crippen LogP contribution in [0.5, 0.6) is 0 Å². The molecule has 1 aliphatic heterocycles. The maximum absolute atomic E-state index is 12.0. The van der Waals surface area contributed by atoms with Crippen LogP contribution in [0.3, 0.4) is 0 Å². The molecule has 1 N–H and O–H groups in total. The normalized spacial score (nSPS) is 16.2. The first kappa shape index (κ1) is 17.1. The van der Waals surface area contributed by atoms with Gasteiger partial charge in [0.05, 0.1) is 5.69 Å². The van der Waals surface area contributed by atoms with Crippen molar-refractivity contribution in [2.24, 2.45) is 0 Å². The fraction of sp³-hybridized carbons (Fsp3) is 0.600. The van der Waals surface area contributed by atoms with Crippen LogP contribution in [0.1, 0.15) is 36.8 Å². The van der Waals surface area contributed by atoms with Crippen LogP contribution < -0.4 is 0 Å². The molecule has 1 amide bonds.